The molecule has 1 aromatic heterocycles. The van der Waals surface area contributed by atoms with Gasteiger partial charge in [0.2, 0.25) is 11.8 Å². The summed E-state index contributed by atoms with van der Waals surface area (Å²) in [4.78, 5) is 45.0. The van der Waals surface area contributed by atoms with Crippen molar-refractivity contribution >= 4 is 28.5 Å². The molecule has 1 saturated heterocycles. The number of hydrogen-bond acceptors (Lipinski definition) is 5. The predicted octanol–water partition coefficient (Wildman–Crippen LogP) is 3.96. The summed E-state index contributed by atoms with van der Waals surface area (Å²) in [6, 6.07) is 5.17. The molecule has 12 heteroatoms. The Morgan fingerprint density at radius 2 is 1.83 bits per heavy atom. The first-order chi connectivity index (χ1) is 19.2. The molecule has 7 atom stereocenters. The Morgan fingerprint density at radius 3 is 2.49 bits per heavy atom. The second kappa shape index (κ2) is 10.1. The van der Waals surface area contributed by atoms with Crippen molar-refractivity contribution in [1.82, 2.24) is 20.5 Å². The van der Waals surface area contributed by atoms with E-state index < -0.39 is 59.3 Å². The molecule has 2 aliphatic carbocycles. The van der Waals surface area contributed by atoms with Crippen LogP contribution in [0.1, 0.15) is 38.8 Å². The molecule has 2 fully saturated rings. The maximum atomic E-state index is 14.8. The Kier molecular flexibility index (Phi) is 7.04. The van der Waals surface area contributed by atoms with E-state index in [2.05, 4.69) is 16.4 Å². The van der Waals surface area contributed by atoms with Gasteiger partial charge in [-0.1, -0.05) is 45.0 Å². The van der Waals surface area contributed by atoms with Crippen LogP contribution in [0.15, 0.2) is 48.6 Å². The lowest BCUT2D eigenvalue weighted by molar-refractivity contribution is -0.176. The van der Waals surface area contributed by atoms with E-state index in [0.29, 0.717) is 17.4 Å². The van der Waals surface area contributed by atoms with Gasteiger partial charge < -0.3 is 15.5 Å². The monoisotopic (exact) mass is 571 g/mol. The first kappa shape index (κ1) is 28.5. The van der Waals surface area contributed by atoms with Gasteiger partial charge in [-0.15, -0.1) is 0 Å². The van der Waals surface area contributed by atoms with Crippen molar-refractivity contribution in [2.75, 3.05) is 6.54 Å². The fourth-order valence-electron chi connectivity index (χ4n) is 6.63. The Morgan fingerprint density at radius 1 is 1.12 bits per heavy atom. The van der Waals surface area contributed by atoms with Crippen molar-refractivity contribution in [3.63, 3.8) is 0 Å². The summed E-state index contributed by atoms with van der Waals surface area (Å²) in [5, 5.41) is 15.9. The number of allylic oxidation sites excluding steroid dienone is 2. The zero-order valence-electron chi connectivity index (χ0n) is 22.6. The van der Waals surface area contributed by atoms with Crippen LogP contribution in [-0.2, 0) is 14.4 Å². The SMILES string of the molecule is CC(C)(C)[C@H](NC(=O)C(F)(F)F)C(=O)N1C[C@H]2[C@H]([C@@H]3C[C@H]2C=C3F)[C@H]1C(=O)N[C@H](C#N)c1cncc2ccccc12. The number of benzene rings is 1. The van der Waals surface area contributed by atoms with Gasteiger partial charge in [0.15, 0.2) is 0 Å². The third-order valence-electron chi connectivity index (χ3n) is 8.49. The number of amides is 3. The summed E-state index contributed by atoms with van der Waals surface area (Å²) in [6.07, 6.45) is -0.195. The topological polar surface area (TPSA) is 115 Å². The normalized spacial score (nSPS) is 26.6. The highest BCUT2D eigenvalue weighted by atomic mass is 19.4. The number of likely N-dealkylation sites (tertiary alicyclic amines) is 1. The second-order valence-corrected chi connectivity index (χ2v) is 12.0. The maximum Gasteiger partial charge on any atom is 0.471 e. The van der Waals surface area contributed by atoms with E-state index in [4.69, 9.17) is 0 Å². The van der Waals surface area contributed by atoms with Crippen LogP contribution >= 0.6 is 0 Å². The number of carbonyl (C=O) groups is 3. The van der Waals surface area contributed by atoms with Crippen molar-refractivity contribution in [3.8, 4) is 6.07 Å². The number of carbonyl (C=O) groups excluding carboxylic acids is 3. The van der Waals surface area contributed by atoms with Crippen molar-refractivity contribution in [3.05, 3.63) is 54.1 Å². The number of aromatic nitrogens is 1. The van der Waals surface area contributed by atoms with Crippen molar-refractivity contribution in [2.24, 2.45) is 29.1 Å². The van der Waals surface area contributed by atoms with E-state index in [1.807, 2.05) is 5.32 Å². The minimum absolute atomic E-state index is 0.00798. The molecule has 1 aliphatic heterocycles. The van der Waals surface area contributed by atoms with Gasteiger partial charge in [0, 0.05) is 41.7 Å². The molecule has 2 heterocycles. The van der Waals surface area contributed by atoms with E-state index in [-0.39, 0.29) is 24.2 Å². The summed E-state index contributed by atoms with van der Waals surface area (Å²) < 4.78 is 54.3. The van der Waals surface area contributed by atoms with Crippen LogP contribution in [0, 0.1) is 40.4 Å². The van der Waals surface area contributed by atoms with Crippen LogP contribution in [0.2, 0.25) is 0 Å². The lowest BCUT2D eigenvalue weighted by atomic mass is 9.81. The number of alkyl halides is 3. The third kappa shape index (κ3) is 5.02. The zero-order valence-corrected chi connectivity index (χ0v) is 22.6. The Labute approximate surface area is 233 Å². The second-order valence-electron chi connectivity index (χ2n) is 12.0. The van der Waals surface area contributed by atoms with E-state index in [9.17, 15) is 37.2 Å². The first-order valence-corrected chi connectivity index (χ1v) is 13.3. The molecule has 1 aromatic carbocycles. The number of fused-ring (bicyclic) bond motifs is 6. The average molecular weight is 572 g/mol. The molecule has 3 amide bonds. The maximum absolute atomic E-state index is 14.8. The molecule has 2 N–H and O–H groups in total. The highest BCUT2D eigenvalue weighted by molar-refractivity contribution is 5.95. The van der Waals surface area contributed by atoms with Gasteiger partial charge in [0.25, 0.3) is 0 Å². The van der Waals surface area contributed by atoms with Crippen LogP contribution < -0.4 is 10.6 Å². The number of rotatable bonds is 5. The molecule has 2 bridgehead atoms. The number of halogens is 4. The smallest absolute Gasteiger partial charge is 0.336 e. The Bertz CT molecular complexity index is 1470. The van der Waals surface area contributed by atoms with Crippen LogP contribution in [0.4, 0.5) is 17.6 Å². The quantitative estimate of drug-likeness (QED) is 0.528. The minimum atomic E-state index is -5.22. The summed E-state index contributed by atoms with van der Waals surface area (Å²) in [5.41, 5.74) is -0.723. The van der Waals surface area contributed by atoms with Crippen molar-refractivity contribution in [2.45, 2.75) is 51.5 Å². The van der Waals surface area contributed by atoms with Crippen molar-refractivity contribution < 1.29 is 31.9 Å². The first-order valence-electron chi connectivity index (χ1n) is 13.3. The third-order valence-corrected chi connectivity index (χ3v) is 8.49. The van der Waals surface area contributed by atoms with E-state index in [0.717, 1.165) is 5.39 Å². The Balaban J connectivity index is 1.49. The molecule has 0 spiro atoms. The molecular formula is C29H29F4N5O3. The van der Waals surface area contributed by atoms with Gasteiger partial charge in [0.05, 0.1) is 11.9 Å². The largest absolute Gasteiger partial charge is 0.471 e. The summed E-state index contributed by atoms with van der Waals surface area (Å²) in [5.74, 6) is -6.02. The number of hydrogen-bond donors (Lipinski definition) is 2. The van der Waals surface area contributed by atoms with Crippen LogP contribution in [0.25, 0.3) is 10.8 Å². The lowest BCUT2D eigenvalue weighted by Crippen LogP contribution is -2.60. The fraction of sp³-hybridized carbons (Fsp3) is 0.483. The molecule has 0 radical (unpaired) electrons. The lowest BCUT2D eigenvalue weighted by Gasteiger charge is -2.37. The van der Waals surface area contributed by atoms with Gasteiger partial charge in [-0.25, -0.2) is 4.39 Å². The van der Waals surface area contributed by atoms with Gasteiger partial charge in [-0.2, -0.15) is 18.4 Å². The van der Waals surface area contributed by atoms with Gasteiger partial charge in [0.1, 0.15) is 18.1 Å². The average Bonchev–Trinajstić information content (AvgIpc) is 3.58. The standard InChI is InChI=1S/C29H29F4N5O3/c1-28(2,3)24(37-27(41)29(31,32)33)26(40)38-13-19-15-8-17(20(30)9-15)22(19)23(38)25(39)36-21(10-34)18-12-35-11-14-6-4-5-7-16(14)18/h4-7,9,11-12,15,17,19,21-24H,8,13H2,1-3H3,(H,36,39)(H,37,41)/t15-,17+,19+,21+,22-,23-,24+/m0/s1. The van der Waals surface area contributed by atoms with Crippen LogP contribution in [-0.4, -0.2) is 52.4 Å². The highest BCUT2D eigenvalue weighted by Crippen LogP contribution is 2.57. The molecule has 1 saturated carbocycles. The van der Waals surface area contributed by atoms with E-state index >= 15 is 0 Å². The molecule has 8 nitrogen and oxygen atoms in total. The van der Waals surface area contributed by atoms with Crippen LogP contribution in [0.5, 0.6) is 0 Å². The molecule has 0 unspecified atom stereocenters. The molecule has 2 aromatic rings. The number of nitriles is 1. The summed E-state index contributed by atoms with van der Waals surface area (Å²) in [7, 11) is 0. The number of nitrogens with zero attached hydrogens (tertiary/aromatic N) is 3. The minimum Gasteiger partial charge on any atom is -0.336 e. The molecule has 5 rings (SSSR count). The molecular weight excluding hydrogens is 542 g/mol. The van der Waals surface area contributed by atoms with E-state index in [1.54, 1.807) is 30.5 Å². The van der Waals surface area contributed by atoms with E-state index in [1.165, 1.54) is 37.9 Å². The van der Waals surface area contributed by atoms with Gasteiger partial charge in [-0.3, -0.25) is 19.4 Å². The molecule has 3 aliphatic rings. The molecule has 216 valence electrons. The highest BCUT2D eigenvalue weighted by Gasteiger charge is 2.61. The Hall–Kier alpha value is -4.01. The van der Waals surface area contributed by atoms with Crippen molar-refractivity contribution in [1.29, 1.82) is 5.26 Å². The zero-order chi connectivity index (χ0) is 29.9. The number of pyridine rings is 1. The summed E-state index contributed by atoms with van der Waals surface area (Å²) in [6.45, 7) is 4.51. The number of nitrogens with one attached hydrogen (secondary N) is 2. The fourth-order valence-corrected chi connectivity index (χ4v) is 6.63. The predicted molar refractivity (Wildman–Crippen MR) is 139 cm³/mol. The molecule has 41 heavy (non-hydrogen) atoms. The summed E-state index contributed by atoms with van der Waals surface area (Å²) >= 11 is 0. The van der Waals surface area contributed by atoms with Gasteiger partial charge >= 0.3 is 12.1 Å². The van der Waals surface area contributed by atoms with Gasteiger partial charge in [-0.05, 0) is 35.1 Å². The van der Waals surface area contributed by atoms with Crippen LogP contribution in [0.3, 0.4) is 0 Å².